The van der Waals surface area contributed by atoms with Crippen LogP contribution in [0.3, 0.4) is 0 Å². The summed E-state index contributed by atoms with van der Waals surface area (Å²) in [5.74, 6) is -2.11. The molecule has 2 amide bonds. The van der Waals surface area contributed by atoms with Crippen molar-refractivity contribution in [1.29, 1.82) is 0 Å². The number of nitrogens with one attached hydrogen (secondary N) is 1. The number of hydrogen-bond acceptors (Lipinski definition) is 15. The number of carboxylic acid groups (broad SMARTS) is 1. The van der Waals surface area contributed by atoms with Gasteiger partial charge in [-0.05, 0) is 0 Å². The number of carbonyl (C=O) groups excluding carboxylic acids is 2. The zero-order valence-electron chi connectivity index (χ0n) is 17.7. The number of nitrogen functional groups attached to an aromatic ring is 3. The Morgan fingerprint density at radius 1 is 1.25 bits per heavy atom. The fraction of sp³-hybridized carbons (Fsp3) is 0.235. The fourth-order valence-corrected chi connectivity index (χ4v) is 7.80. The Balaban J connectivity index is 1.45. The van der Waals surface area contributed by atoms with Crippen molar-refractivity contribution in [1.82, 2.24) is 25.2 Å². The molecule has 9 N–H and O–H groups in total. The number of fused-ring (bicyclic) bond motifs is 1. The number of thiazole rings is 1. The molecule has 0 radical (unpaired) electrons. The van der Waals surface area contributed by atoms with E-state index >= 15 is 0 Å². The van der Waals surface area contributed by atoms with Crippen molar-refractivity contribution in [2.45, 2.75) is 16.6 Å². The molecule has 36 heavy (non-hydrogen) atoms. The molecule has 0 spiro atoms. The van der Waals surface area contributed by atoms with Gasteiger partial charge in [0.05, 0.1) is 5.08 Å². The maximum Gasteiger partial charge on any atom is 0.353 e. The van der Waals surface area contributed by atoms with Crippen LogP contribution in [0.1, 0.15) is 5.69 Å². The Morgan fingerprint density at radius 3 is 2.53 bits per heavy atom. The highest BCUT2D eigenvalue weighted by atomic mass is 35.5. The second-order valence-corrected chi connectivity index (χ2v) is 12.1. The van der Waals surface area contributed by atoms with Gasteiger partial charge in [0.2, 0.25) is 0 Å². The van der Waals surface area contributed by atoms with Crippen LogP contribution in [-0.2, 0) is 14.4 Å². The molecule has 2 aliphatic rings. The van der Waals surface area contributed by atoms with Crippen LogP contribution in [0, 0.1) is 0 Å². The van der Waals surface area contributed by atoms with Gasteiger partial charge in [-0.25, -0.2) is 19.7 Å². The Kier molecular flexibility index (Phi) is 7.69. The number of nitrogens with zero attached hydrogens (tertiary/aromatic N) is 5. The number of aromatic nitrogens is 3. The third-order valence-electron chi connectivity index (χ3n) is 4.73. The van der Waals surface area contributed by atoms with Crippen LogP contribution in [0.2, 0.25) is 4.34 Å². The highest BCUT2D eigenvalue weighted by Gasteiger charge is 2.54. The highest BCUT2D eigenvalue weighted by Crippen LogP contribution is 2.44. The molecule has 4 heterocycles. The second-order valence-electron chi connectivity index (χ2n) is 6.97. The minimum absolute atomic E-state index is 0.0333. The third kappa shape index (κ3) is 5.12. The molecule has 0 saturated carbocycles. The summed E-state index contributed by atoms with van der Waals surface area (Å²) >= 11 is 10.6. The summed E-state index contributed by atoms with van der Waals surface area (Å²) in [7, 11) is 0. The summed E-state index contributed by atoms with van der Waals surface area (Å²) in [5, 5.41) is 24.6. The molecule has 1 fully saturated rings. The molecule has 0 aliphatic carbocycles. The van der Waals surface area contributed by atoms with E-state index < -0.39 is 34.9 Å². The number of rotatable bonds is 8. The van der Waals surface area contributed by atoms with E-state index in [-0.39, 0.29) is 38.2 Å². The first-order valence-corrected chi connectivity index (χ1v) is 13.8. The van der Waals surface area contributed by atoms with Gasteiger partial charge >= 0.3 is 5.97 Å². The van der Waals surface area contributed by atoms with Crippen LogP contribution in [0.15, 0.2) is 27.0 Å². The normalized spacial score (nSPS) is 19.6. The molecule has 14 nitrogen and oxygen atoms in total. The van der Waals surface area contributed by atoms with E-state index in [0.717, 1.165) is 16.2 Å². The van der Waals surface area contributed by atoms with Gasteiger partial charge in [0.25, 0.3) is 11.8 Å². The van der Waals surface area contributed by atoms with Crippen LogP contribution in [-0.4, -0.2) is 75.9 Å². The summed E-state index contributed by atoms with van der Waals surface area (Å²) in [6.07, 6.45) is 0. The Morgan fingerprint density at radius 2 is 1.94 bits per heavy atom. The van der Waals surface area contributed by atoms with E-state index in [0.29, 0.717) is 15.1 Å². The highest BCUT2D eigenvalue weighted by molar-refractivity contribution is 8.18. The maximum absolute atomic E-state index is 12.9. The molecule has 1 saturated heterocycles. The predicted molar refractivity (Wildman–Crippen MR) is 139 cm³/mol. The van der Waals surface area contributed by atoms with Crippen LogP contribution in [0.5, 0.6) is 0 Å². The summed E-state index contributed by atoms with van der Waals surface area (Å²) in [4.78, 5) is 51.1. The molecule has 2 aliphatic heterocycles. The van der Waals surface area contributed by atoms with Crippen molar-refractivity contribution in [2.75, 3.05) is 28.0 Å². The van der Waals surface area contributed by atoms with Gasteiger partial charge < -0.3 is 32.8 Å². The monoisotopic (exact) mass is 589 g/mol. The zero-order valence-corrected chi connectivity index (χ0v) is 21.8. The van der Waals surface area contributed by atoms with Crippen LogP contribution < -0.4 is 22.5 Å². The van der Waals surface area contributed by atoms with Crippen molar-refractivity contribution in [3.05, 3.63) is 26.7 Å². The van der Waals surface area contributed by atoms with E-state index in [4.69, 9.17) is 28.8 Å². The van der Waals surface area contributed by atoms with Crippen molar-refractivity contribution in [3.8, 4) is 0 Å². The van der Waals surface area contributed by atoms with E-state index in [2.05, 4.69) is 25.4 Å². The van der Waals surface area contributed by atoms with Gasteiger partial charge in [-0.3, -0.25) is 14.5 Å². The average molecular weight is 590 g/mol. The van der Waals surface area contributed by atoms with Gasteiger partial charge in [-0.1, -0.05) is 39.9 Å². The van der Waals surface area contributed by atoms with Crippen molar-refractivity contribution in [2.24, 2.45) is 5.16 Å². The topological polar surface area (TPSA) is 236 Å². The first-order valence-electron chi connectivity index (χ1n) is 9.62. The number of aliphatic carboxylic acids is 1. The average Bonchev–Trinajstić information content (AvgIpc) is 3.14. The number of β-lactam (4-membered cyclic amide) rings is 1. The minimum atomic E-state index is -1.28. The summed E-state index contributed by atoms with van der Waals surface area (Å²) in [6, 6.07) is 0.370. The van der Waals surface area contributed by atoms with Gasteiger partial charge in [-0.15, -0.1) is 23.5 Å². The second kappa shape index (κ2) is 10.6. The number of nitrogens with two attached hydrogens (primary N) is 3. The number of carboxylic acids is 1. The molecule has 0 aromatic carbocycles. The summed E-state index contributed by atoms with van der Waals surface area (Å²) in [5.41, 5.74) is 16.1. The lowest BCUT2D eigenvalue weighted by atomic mass is 10.0. The Labute approximate surface area is 224 Å². The van der Waals surface area contributed by atoms with Gasteiger partial charge in [0, 0.05) is 16.7 Å². The lowest BCUT2D eigenvalue weighted by Gasteiger charge is -2.49. The number of oxime groups is 1. The van der Waals surface area contributed by atoms with Gasteiger partial charge in [0.1, 0.15) is 38.8 Å². The number of hydrogen-bond donors (Lipinski definition) is 6. The van der Waals surface area contributed by atoms with Crippen molar-refractivity contribution in [3.63, 3.8) is 0 Å². The van der Waals surface area contributed by atoms with E-state index in [1.54, 1.807) is 0 Å². The first kappa shape index (κ1) is 26.1. The summed E-state index contributed by atoms with van der Waals surface area (Å²) < 4.78 is 0.0333. The van der Waals surface area contributed by atoms with Crippen LogP contribution in [0.25, 0.3) is 0 Å². The minimum Gasteiger partial charge on any atom is -0.477 e. The number of thioether (sulfide) groups is 3. The van der Waals surface area contributed by atoms with Gasteiger partial charge in [-0.2, -0.15) is 0 Å². The van der Waals surface area contributed by atoms with E-state index in [1.807, 2.05) is 0 Å². The maximum atomic E-state index is 12.9. The molecule has 2 aromatic heterocycles. The quantitative estimate of drug-likeness (QED) is 0.0472. The molecular formula is C17H16ClN9O5S4. The lowest BCUT2D eigenvalue weighted by Crippen LogP contribution is -2.71. The number of carbonyl (C=O) groups is 3. The van der Waals surface area contributed by atoms with Gasteiger partial charge in [0.15, 0.2) is 16.0 Å². The van der Waals surface area contributed by atoms with E-state index in [1.165, 1.54) is 41.4 Å². The van der Waals surface area contributed by atoms with E-state index in [9.17, 15) is 24.7 Å². The van der Waals surface area contributed by atoms with Crippen LogP contribution >= 0.6 is 58.2 Å². The summed E-state index contributed by atoms with van der Waals surface area (Å²) in [6.45, 7) is 0. The smallest absolute Gasteiger partial charge is 0.353 e. The molecular weight excluding hydrogens is 574 g/mol. The SMILES string of the molecule is Nc1cc(N)nc(SCSC2=C(C(=O)O)N3C(=O)C(NC(=O)/C(=N\O)c4nc(N)sc4Cl)C3SC2)n1. The van der Waals surface area contributed by atoms with Crippen LogP contribution in [0.4, 0.5) is 16.8 Å². The van der Waals surface area contributed by atoms with Crippen molar-refractivity contribution < 1.29 is 24.7 Å². The number of anilines is 3. The molecule has 190 valence electrons. The molecule has 19 heteroatoms. The standard InChI is InChI=1S/C17H16ClN9O5S4/c18-11-7(25-16(21)36-11)8(26-32)12(28)24-9-13(29)27-10(15(30)31)4(2-33-14(9)27)34-3-35-17-22-5(19)1-6(20)23-17/h1,9,14,32H,2-3H2,(H2,21,25)(H,24,28)(H,30,31)(H4,19,20,22,23)/b26-8-. The largest absolute Gasteiger partial charge is 0.477 e. The predicted octanol–water partition coefficient (Wildman–Crippen LogP) is 0.691. The van der Waals surface area contributed by atoms with Crippen molar-refractivity contribution >= 4 is 98.5 Å². The first-order chi connectivity index (χ1) is 17.1. The number of amides is 2. The number of halogens is 1. The fourth-order valence-electron chi connectivity index (χ4n) is 3.25. The lowest BCUT2D eigenvalue weighted by molar-refractivity contribution is -0.150. The Bertz CT molecular complexity index is 1300. The molecule has 2 aromatic rings. The molecule has 0 bridgehead atoms. The Hall–Kier alpha value is -2.93. The molecule has 4 rings (SSSR count). The third-order valence-corrected chi connectivity index (χ3v) is 9.35. The molecule has 2 atom stereocenters. The molecule has 2 unspecified atom stereocenters. The zero-order chi connectivity index (χ0) is 26.1.